The first-order valence-electron chi connectivity index (χ1n) is 10.6. The first-order valence-corrected chi connectivity index (χ1v) is 10.6. The first kappa shape index (κ1) is 20.9. The second-order valence-corrected chi connectivity index (χ2v) is 7.09. The Bertz CT molecular complexity index is 382. The third-order valence-electron chi connectivity index (χ3n) is 4.74. The topological polar surface area (TPSA) is 3.88 Å². The molecule has 0 spiro atoms. The molecule has 0 amide bonds. The minimum absolute atomic E-state index is 1.21. The predicted molar refractivity (Wildman–Crippen MR) is 107 cm³/mol. The van der Waals surface area contributed by atoms with Gasteiger partial charge in [-0.15, -0.1) is 0 Å². The quantitative estimate of drug-likeness (QED) is 0.221. The molecule has 1 rings (SSSR count). The Morgan fingerprint density at radius 3 is 1.54 bits per heavy atom. The van der Waals surface area contributed by atoms with E-state index in [2.05, 4.69) is 54.4 Å². The van der Waals surface area contributed by atoms with E-state index < -0.39 is 0 Å². The van der Waals surface area contributed by atoms with Crippen LogP contribution in [-0.2, 0) is 0 Å². The maximum atomic E-state index is 2.29. The highest BCUT2D eigenvalue weighted by Crippen LogP contribution is 2.13. The summed E-state index contributed by atoms with van der Waals surface area (Å²) in [5.41, 5.74) is 0. The number of allylic oxidation sites excluding steroid dienone is 1. The largest absolute Gasteiger partial charge is 0.174 e. The minimum atomic E-state index is 1.21. The van der Waals surface area contributed by atoms with Crippen LogP contribution in [0.2, 0.25) is 0 Å². The van der Waals surface area contributed by atoms with Gasteiger partial charge >= 0.3 is 0 Å². The van der Waals surface area contributed by atoms with Gasteiger partial charge in [0, 0.05) is 12.1 Å². The van der Waals surface area contributed by atoms with Crippen molar-refractivity contribution in [3.63, 3.8) is 0 Å². The number of unbranched alkanes of at least 4 members (excludes halogenated alkanes) is 14. The van der Waals surface area contributed by atoms with E-state index in [1.54, 1.807) is 0 Å². The summed E-state index contributed by atoms with van der Waals surface area (Å²) in [6, 6.07) is 6.19. The SMILES string of the molecule is CCCCCCCCCCCCCCCCC=C[n+]1ccccc1. The van der Waals surface area contributed by atoms with Crippen LogP contribution in [-0.4, -0.2) is 0 Å². The molecule has 0 aromatic carbocycles. The summed E-state index contributed by atoms with van der Waals surface area (Å²) in [5.74, 6) is 0. The Morgan fingerprint density at radius 2 is 1.04 bits per heavy atom. The molecule has 1 heterocycles. The first-order chi connectivity index (χ1) is 11.9. The molecule has 0 atom stereocenters. The standard InChI is InChI=1S/C23H40N/c1-2-3-4-5-6-7-8-9-10-11-12-13-14-15-16-18-21-24-22-19-17-20-23-24/h17-23H,2-16H2,1H3/q+1. The summed E-state index contributed by atoms with van der Waals surface area (Å²) >= 11 is 0. The fraction of sp³-hybridized carbons (Fsp3) is 0.696. The van der Waals surface area contributed by atoms with E-state index in [-0.39, 0.29) is 0 Å². The summed E-state index contributed by atoms with van der Waals surface area (Å²) in [6.07, 6.45) is 29.9. The van der Waals surface area contributed by atoms with Gasteiger partial charge in [-0.25, -0.2) is 0 Å². The molecule has 0 aliphatic heterocycles. The highest BCUT2D eigenvalue weighted by molar-refractivity contribution is 5.06. The molecule has 0 aliphatic carbocycles. The molecule has 136 valence electrons. The molecule has 0 radical (unpaired) electrons. The second-order valence-electron chi connectivity index (χ2n) is 7.09. The molecule has 1 aromatic rings. The van der Waals surface area contributed by atoms with E-state index in [0.29, 0.717) is 0 Å². The number of rotatable bonds is 16. The molecule has 24 heavy (non-hydrogen) atoms. The molecule has 1 aromatic heterocycles. The average Bonchev–Trinajstić information content (AvgIpc) is 2.62. The monoisotopic (exact) mass is 330 g/mol. The third-order valence-corrected chi connectivity index (χ3v) is 4.74. The van der Waals surface area contributed by atoms with Crippen molar-refractivity contribution >= 4 is 6.20 Å². The van der Waals surface area contributed by atoms with E-state index in [1.807, 2.05) is 0 Å². The van der Waals surface area contributed by atoms with Crippen LogP contribution in [0.4, 0.5) is 0 Å². The summed E-state index contributed by atoms with van der Waals surface area (Å²) in [4.78, 5) is 0. The van der Waals surface area contributed by atoms with Crippen LogP contribution in [0.1, 0.15) is 103 Å². The van der Waals surface area contributed by atoms with Crippen LogP contribution in [0.15, 0.2) is 36.7 Å². The smallest absolute Gasteiger partial charge is 0.174 e. The van der Waals surface area contributed by atoms with E-state index in [1.165, 1.54) is 96.3 Å². The Labute approximate surface area is 151 Å². The molecule has 0 N–H and O–H groups in total. The van der Waals surface area contributed by atoms with Gasteiger partial charge < -0.3 is 0 Å². The number of hydrogen-bond acceptors (Lipinski definition) is 0. The highest BCUT2D eigenvalue weighted by atomic mass is 14.9. The lowest BCUT2D eigenvalue weighted by Gasteiger charge is -2.02. The highest BCUT2D eigenvalue weighted by Gasteiger charge is 1.94. The van der Waals surface area contributed by atoms with Crippen LogP contribution in [0.3, 0.4) is 0 Å². The van der Waals surface area contributed by atoms with Crippen LogP contribution in [0.5, 0.6) is 0 Å². The number of pyridine rings is 1. The van der Waals surface area contributed by atoms with Crippen molar-refractivity contribution in [3.8, 4) is 0 Å². The fourth-order valence-electron chi connectivity index (χ4n) is 3.16. The van der Waals surface area contributed by atoms with Crippen LogP contribution >= 0.6 is 0 Å². The number of aromatic nitrogens is 1. The van der Waals surface area contributed by atoms with Gasteiger partial charge in [0.05, 0.1) is 0 Å². The molecular formula is C23H40N+. The summed E-state index contributed by atoms with van der Waals surface area (Å²) in [5, 5.41) is 0. The number of nitrogens with zero attached hydrogens (tertiary/aromatic N) is 1. The number of hydrogen-bond donors (Lipinski definition) is 0. The lowest BCUT2D eigenvalue weighted by Crippen LogP contribution is -2.23. The van der Waals surface area contributed by atoms with Crippen molar-refractivity contribution in [1.29, 1.82) is 0 Å². The van der Waals surface area contributed by atoms with Gasteiger partial charge in [0.2, 0.25) is 0 Å². The zero-order chi connectivity index (χ0) is 17.1. The van der Waals surface area contributed by atoms with Gasteiger partial charge in [-0.05, 0) is 18.9 Å². The molecule has 0 saturated heterocycles. The average molecular weight is 331 g/mol. The molecule has 1 heteroatoms. The lowest BCUT2D eigenvalue weighted by atomic mass is 10.0. The zero-order valence-electron chi connectivity index (χ0n) is 16.1. The van der Waals surface area contributed by atoms with Crippen LogP contribution < -0.4 is 4.57 Å². The molecule has 1 nitrogen and oxygen atoms in total. The maximum Gasteiger partial charge on any atom is 0.174 e. The predicted octanol–water partition coefficient (Wildman–Crippen LogP) is 7.32. The Morgan fingerprint density at radius 1 is 0.583 bits per heavy atom. The van der Waals surface area contributed by atoms with Gasteiger partial charge in [-0.2, -0.15) is 4.57 Å². The van der Waals surface area contributed by atoms with Crippen LogP contribution in [0, 0.1) is 0 Å². The summed E-state index contributed by atoms with van der Waals surface area (Å²) in [7, 11) is 0. The molecule has 0 unspecified atom stereocenters. The van der Waals surface area contributed by atoms with Crippen molar-refractivity contribution in [3.05, 3.63) is 36.7 Å². The zero-order valence-corrected chi connectivity index (χ0v) is 16.1. The molecule has 0 bridgehead atoms. The third kappa shape index (κ3) is 13.3. The fourth-order valence-corrected chi connectivity index (χ4v) is 3.16. The van der Waals surface area contributed by atoms with Crippen molar-refractivity contribution in [2.45, 2.75) is 103 Å². The molecule has 0 fully saturated rings. The minimum Gasteiger partial charge on any atom is -0.174 e. The van der Waals surface area contributed by atoms with Crippen molar-refractivity contribution < 1.29 is 4.57 Å². The van der Waals surface area contributed by atoms with Crippen molar-refractivity contribution in [2.24, 2.45) is 0 Å². The molecular weight excluding hydrogens is 290 g/mol. The maximum absolute atomic E-state index is 2.29. The van der Waals surface area contributed by atoms with E-state index in [4.69, 9.17) is 0 Å². The molecule has 0 aliphatic rings. The lowest BCUT2D eigenvalue weighted by molar-refractivity contribution is -0.568. The van der Waals surface area contributed by atoms with E-state index in [0.717, 1.165) is 0 Å². The van der Waals surface area contributed by atoms with E-state index >= 15 is 0 Å². The van der Waals surface area contributed by atoms with Crippen molar-refractivity contribution in [2.75, 3.05) is 0 Å². The molecule has 0 saturated carbocycles. The Balaban J connectivity index is 1.75. The van der Waals surface area contributed by atoms with Gasteiger partial charge in [-0.3, -0.25) is 0 Å². The summed E-state index contributed by atoms with van der Waals surface area (Å²) < 4.78 is 2.11. The van der Waals surface area contributed by atoms with Gasteiger partial charge in [0.1, 0.15) is 0 Å². The Kier molecular flexibility index (Phi) is 14.6. The summed E-state index contributed by atoms with van der Waals surface area (Å²) in [6.45, 7) is 2.29. The van der Waals surface area contributed by atoms with Gasteiger partial charge in [0.25, 0.3) is 0 Å². The van der Waals surface area contributed by atoms with Gasteiger partial charge in [-0.1, -0.05) is 96.5 Å². The Hall–Kier alpha value is -1.11. The second kappa shape index (κ2) is 16.7. The van der Waals surface area contributed by atoms with E-state index in [9.17, 15) is 0 Å². The normalized spacial score (nSPS) is 11.4. The van der Waals surface area contributed by atoms with Crippen LogP contribution in [0.25, 0.3) is 6.20 Å². The van der Waals surface area contributed by atoms with Gasteiger partial charge in [0.15, 0.2) is 18.6 Å². The van der Waals surface area contributed by atoms with Crippen molar-refractivity contribution in [1.82, 2.24) is 0 Å².